The Kier molecular flexibility index (Phi) is 2.70. The van der Waals surface area contributed by atoms with Crippen molar-refractivity contribution in [3.8, 4) is 0 Å². The first-order chi connectivity index (χ1) is 7.83. The summed E-state index contributed by atoms with van der Waals surface area (Å²) in [7, 11) is 0. The van der Waals surface area contributed by atoms with E-state index in [1.165, 1.54) is 12.1 Å². The van der Waals surface area contributed by atoms with Gasteiger partial charge in [0.1, 0.15) is 5.82 Å². The fraction of sp³-hybridized carbons (Fsp3) is 0.462. The number of carbonyl (C=O) groups is 1. The Morgan fingerprint density at radius 2 is 2.12 bits per heavy atom. The van der Waals surface area contributed by atoms with Crippen LogP contribution in [0.1, 0.15) is 32.3 Å². The van der Waals surface area contributed by atoms with Crippen molar-refractivity contribution >= 4 is 5.91 Å². The smallest absolute Gasteiger partial charge is 0.240 e. The van der Waals surface area contributed by atoms with E-state index in [0.29, 0.717) is 0 Å². The highest BCUT2D eigenvalue weighted by Crippen LogP contribution is 2.45. The zero-order valence-corrected chi connectivity index (χ0v) is 10.1. The second-order valence-corrected chi connectivity index (χ2v) is 5.27. The Labute approximate surface area is 100 Å². The van der Waals surface area contributed by atoms with Crippen molar-refractivity contribution in [3.63, 3.8) is 0 Å². The van der Waals surface area contributed by atoms with Crippen molar-refractivity contribution in [1.29, 1.82) is 0 Å². The Hall–Kier alpha value is -1.42. The molecule has 17 heavy (non-hydrogen) atoms. The van der Waals surface area contributed by atoms with Crippen molar-refractivity contribution in [2.45, 2.75) is 37.8 Å². The molecule has 0 bridgehead atoms. The highest BCUT2D eigenvalue weighted by molar-refractivity contribution is 5.86. The van der Waals surface area contributed by atoms with Crippen molar-refractivity contribution in [3.05, 3.63) is 35.6 Å². The zero-order valence-electron chi connectivity index (χ0n) is 10.1. The maximum Gasteiger partial charge on any atom is 0.240 e. The van der Waals surface area contributed by atoms with Crippen LogP contribution in [0, 0.1) is 5.82 Å². The number of halogens is 1. The van der Waals surface area contributed by atoms with Gasteiger partial charge in [0.25, 0.3) is 0 Å². The first-order valence-electron chi connectivity index (χ1n) is 5.71. The molecular formula is C13H17FN2O. The van der Waals surface area contributed by atoms with Gasteiger partial charge in [-0.2, -0.15) is 0 Å². The van der Waals surface area contributed by atoms with Gasteiger partial charge in [0.2, 0.25) is 5.91 Å². The highest BCUT2D eigenvalue weighted by Gasteiger charge is 2.47. The molecule has 1 aliphatic carbocycles. The normalized spacial score (nSPS) is 17.6. The first kappa shape index (κ1) is 12.0. The molecule has 0 atom stereocenters. The van der Waals surface area contributed by atoms with Crippen LogP contribution in [0.3, 0.4) is 0 Å². The van der Waals surface area contributed by atoms with E-state index in [0.717, 1.165) is 18.4 Å². The summed E-state index contributed by atoms with van der Waals surface area (Å²) in [5.41, 5.74) is 5.23. The standard InChI is InChI=1S/C13H17FN2O/c1-12(2,15)11(17)16-13(6-7-13)9-4-3-5-10(14)8-9/h3-5,8H,6-7,15H2,1-2H3,(H,16,17). The predicted octanol–water partition coefficient (Wildman–Crippen LogP) is 1.67. The van der Waals surface area contributed by atoms with Crippen molar-refractivity contribution in [1.82, 2.24) is 5.32 Å². The third-order valence-electron chi connectivity index (χ3n) is 3.07. The molecule has 92 valence electrons. The average Bonchev–Trinajstić information content (AvgIpc) is 2.97. The van der Waals surface area contributed by atoms with Gasteiger partial charge in [-0.3, -0.25) is 4.79 Å². The Morgan fingerprint density at radius 1 is 1.47 bits per heavy atom. The molecule has 3 nitrogen and oxygen atoms in total. The molecule has 0 aromatic heterocycles. The average molecular weight is 236 g/mol. The lowest BCUT2D eigenvalue weighted by Crippen LogP contribution is -2.52. The van der Waals surface area contributed by atoms with Crippen LogP contribution in [0.4, 0.5) is 4.39 Å². The number of rotatable bonds is 3. The van der Waals surface area contributed by atoms with Gasteiger partial charge in [-0.05, 0) is 44.4 Å². The summed E-state index contributed by atoms with van der Waals surface area (Å²) in [6.45, 7) is 3.31. The SMILES string of the molecule is CC(C)(N)C(=O)NC1(c2cccc(F)c2)CC1. The first-order valence-corrected chi connectivity index (χ1v) is 5.71. The fourth-order valence-corrected chi connectivity index (χ4v) is 1.78. The van der Waals surface area contributed by atoms with Crippen molar-refractivity contribution < 1.29 is 9.18 Å². The minimum Gasteiger partial charge on any atom is -0.345 e. The monoisotopic (exact) mass is 236 g/mol. The molecule has 1 fully saturated rings. The number of amides is 1. The van der Waals surface area contributed by atoms with Crippen LogP contribution in [0.2, 0.25) is 0 Å². The minimum absolute atomic E-state index is 0.209. The maximum absolute atomic E-state index is 13.2. The summed E-state index contributed by atoms with van der Waals surface area (Å²) in [6.07, 6.45) is 1.66. The van der Waals surface area contributed by atoms with E-state index in [-0.39, 0.29) is 11.7 Å². The summed E-state index contributed by atoms with van der Waals surface area (Å²) < 4.78 is 13.2. The van der Waals surface area contributed by atoms with E-state index >= 15 is 0 Å². The topological polar surface area (TPSA) is 55.1 Å². The molecule has 2 rings (SSSR count). The number of benzene rings is 1. The zero-order chi connectivity index (χ0) is 12.7. The number of hydrogen-bond acceptors (Lipinski definition) is 2. The van der Waals surface area contributed by atoms with Crippen LogP contribution in [0.25, 0.3) is 0 Å². The van der Waals surface area contributed by atoms with Crippen LogP contribution in [0.15, 0.2) is 24.3 Å². The molecule has 3 N–H and O–H groups in total. The van der Waals surface area contributed by atoms with Gasteiger partial charge in [-0.25, -0.2) is 4.39 Å². The van der Waals surface area contributed by atoms with Crippen LogP contribution in [0.5, 0.6) is 0 Å². The molecule has 1 saturated carbocycles. The molecule has 0 heterocycles. The second-order valence-electron chi connectivity index (χ2n) is 5.27. The molecule has 1 aromatic carbocycles. The van der Waals surface area contributed by atoms with E-state index in [1.54, 1.807) is 19.9 Å². The summed E-state index contributed by atoms with van der Waals surface area (Å²) in [4.78, 5) is 11.8. The van der Waals surface area contributed by atoms with Gasteiger partial charge in [-0.1, -0.05) is 12.1 Å². The highest BCUT2D eigenvalue weighted by atomic mass is 19.1. The second kappa shape index (κ2) is 3.81. The maximum atomic E-state index is 13.2. The molecule has 0 radical (unpaired) electrons. The van der Waals surface area contributed by atoms with Crippen LogP contribution < -0.4 is 11.1 Å². The van der Waals surface area contributed by atoms with Crippen LogP contribution in [-0.2, 0) is 10.3 Å². The lowest BCUT2D eigenvalue weighted by atomic mass is 10.0. The van der Waals surface area contributed by atoms with E-state index in [9.17, 15) is 9.18 Å². The summed E-state index contributed by atoms with van der Waals surface area (Å²) in [6, 6.07) is 6.36. The van der Waals surface area contributed by atoms with Gasteiger partial charge < -0.3 is 11.1 Å². The Bertz CT molecular complexity index is 447. The lowest BCUT2D eigenvalue weighted by Gasteiger charge is -2.24. The number of nitrogens with one attached hydrogen (secondary N) is 1. The Balaban J connectivity index is 2.18. The number of hydrogen-bond donors (Lipinski definition) is 2. The van der Waals surface area contributed by atoms with Crippen molar-refractivity contribution in [2.24, 2.45) is 5.73 Å². The molecular weight excluding hydrogens is 219 g/mol. The number of nitrogens with two attached hydrogens (primary N) is 1. The Morgan fingerprint density at radius 3 is 2.59 bits per heavy atom. The van der Waals surface area contributed by atoms with Gasteiger partial charge in [0, 0.05) is 0 Å². The quantitative estimate of drug-likeness (QED) is 0.838. The lowest BCUT2D eigenvalue weighted by molar-refractivity contribution is -0.126. The van der Waals surface area contributed by atoms with Gasteiger partial charge >= 0.3 is 0 Å². The molecule has 4 heteroatoms. The molecule has 1 aromatic rings. The van der Waals surface area contributed by atoms with Gasteiger partial charge in [0.15, 0.2) is 0 Å². The molecule has 1 aliphatic rings. The molecule has 0 saturated heterocycles. The van der Waals surface area contributed by atoms with E-state index in [1.807, 2.05) is 6.07 Å². The predicted molar refractivity (Wildman–Crippen MR) is 63.7 cm³/mol. The van der Waals surface area contributed by atoms with Crippen LogP contribution >= 0.6 is 0 Å². The van der Waals surface area contributed by atoms with Gasteiger partial charge in [0.05, 0.1) is 11.1 Å². The summed E-state index contributed by atoms with van der Waals surface area (Å²) in [5, 5.41) is 2.92. The van der Waals surface area contributed by atoms with Crippen molar-refractivity contribution in [2.75, 3.05) is 0 Å². The third-order valence-corrected chi connectivity index (χ3v) is 3.07. The molecule has 0 spiro atoms. The van der Waals surface area contributed by atoms with E-state index < -0.39 is 11.1 Å². The van der Waals surface area contributed by atoms with Crippen LogP contribution in [-0.4, -0.2) is 11.4 Å². The van der Waals surface area contributed by atoms with Gasteiger partial charge in [-0.15, -0.1) is 0 Å². The molecule has 1 amide bonds. The van der Waals surface area contributed by atoms with E-state index in [2.05, 4.69) is 5.32 Å². The minimum atomic E-state index is -0.914. The largest absolute Gasteiger partial charge is 0.345 e. The van der Waals surface area contributed by atoms with E-state index in [4.69, 9.17) is 5.73 Å². The molecule has 0 unspecified atom stereocenters. The molecule has 0 aliphatic heterocycles. The fourth-order valence-electron chi connectivity index (χ4n) is 1.78. The number of carbonyl (C=O) groups excluding carboxylic acids is 1. The summed E-state index contributed by atoms with van der Waals surface area (Å²) in [5.74, 6) is -0.491. The summed E-state index contributed by atoms with van der Waals surface area (Å²) >= 11 is 0. The third kappa shape index (κ3) is 2.47.